The predicted octanol–water partition coefficient (Wildman–Crippen LogP) is 7.44. The molecule has 4 aromatic rings. The number of ether oxygens (including phenoxy) is 2. The van der Waals surface area contributed by atoms with Crippen LogP contribution in [0.5, 0.6) is 23.0 Å². The van der Waals surface area contributed by atoms with E-state index in [1.54, 1.807) is 0 Å². The Hall–Kier alpha value is -3.78. The molecule has 0 saturated carbocycles. The van der Waals surface area contributed by atoms with Gasteiger partial charge in [-0.15, -0.1) is 0 Å². The molecule has 0 saturated heterocycles. The zero-order valence-corrected chi connectivity index (χ0v) is 15.4. The van der Waals surface area contributed by atoms with Crippen molar-refractivity contribution < 1.29 is 9.47 Å². The van der Waals surface area contributed by atoms with Crippen molar-refractivity contribution in [3.8, 4) is 23.0 Å². The molecule has 0 bridgehead atoms. The van der Waals surface area contributed by atoms with Crippen LogP contribution in [0.25, 0.3) is 12.2 Å². The van der Waals surface area contributed by atoms with E-state index in [1.165, 1.54) is 0 Å². The third-order valence-corrected chi connectivity index (χ3v) is 4.14. The average Bonchev–Trinajstić information content (AvgIpc) is 2.74. The monoisotopic (exact) mass is 364 g/mol. The number of hydrogen-bond donors (Lipinski definition) is 0. The van der Waals surface area contributed by atoms with E-state index in [0.717, 1.165) is 34.1 Å². The van der Waals surface area contributed by atoms with Gasteiger partial charge in [0.25, 0.3) is 0 Å². The standard InChI is InChI=1S/C26H20O2/c1-3-11-23(12-4-1)27-25-15-7-9-21(19-25)17-18-22-10-8-16-26(20-22)28-24-13-5-2-6-14-24/h1-20H/b18-17+. The molecule has 0 aromatic heterocycles. The van der Waals surface area contributed by atoms with E-state index in [4.69, 9.17) is 9.47 Å². The minimum absolute atomic E-state index is 0.814. The highest BCUT2D eigenvalue weighted by Gasteiger charge is 1.99. The number of para-hydroxylation sites is 2. The Morgan fingerprint density at radius 2 is 0.786 bits per heavy atom. The fourth-order valence-corrected chi connectivity index (χ4v) is 2.81. The molecule has 0 N–H and O–H groups in total. The maximum absolute atomic E-state index is 5.90. The van der Waals surface area contributed by atoms with Crippen LogP contribution in [0, 0.1) is 0 Å². The van der Waals surface area contributed by atoms with Gasteiger partial charge in [-0.1, -0.05) is 72.8 Å². The molecule has 4 aromatic carbocycles. The Kier molecular flexibility index (Phi) is 5.50. The van der Waals surface area contributed by atoms with E-state index in [2.05, 4.69) is 24.3 Å². The van der Waals surface area contributed by atoms with Crippen molar-refractivity contribution in [2.45, 2.75) is 0 Å². The SMILES string of the molecule is C(=C\c1cccc(Oc2ccccc2)c1)/c1cccc(Oc2ccccc2)c1. The molecule has 0 spiro atoms. The van der Waals surface area contributed by atoms with E-state index < -0.39 is 0 Å². The molecular weight excluding hydrogens is 344 g/mol. The summed E-state index contributed by atoms with van der Waals surface area (Å²) in [7, 11) is 0. The molecule has 0 heterocycles. The van der Waals surface area contributed by atoms with Crippen molar-refractivity contribution in [3.63, 3.8) is 0 Å². The Bertz CT molecular complexity index is 967. The summed E-state index contributed by atoms with van der Waals surface area (Å²) in [6.45, 7) is 0. The fraction of sp³-hybridized carbons (Fsp3) is 0. The van der Waals surface area contributed by atoms with Crippen LogP contribution in [-0.4, -0.2) is 0 Å². The largest absolute Gasteiger partial charge is 0.457 e. The Labute approximate surface area is 165 Å². The second-order valence-electron chi connectivity index (χ2n) is 6.31. The molecule has 0 fully saturated rings. The Balaban J connectivity index is 1.47. The lowest BCUT2D eigenvalue weighted by atomic mass is 10.1. The Morgan fingerprint density at radius 1 is 0.393 bits per heavy atom. The van der Waals surface area contributed by atoms with Crippen LogP contribution in [0.15, 0.2) is 109 Å². The smallest absolute Gasteiger partial charge is 0.128 e. The summed E-state index contributed by atoms with van der Waals surface area (Å²) < 4.78 is 11.8. The second kappa shape index (κ2) is 8.74. The van der Waals surface area contributed by atoms with Crippen molar-refractivity contribution in [2.24, 2.45) is 0 Å². The minimum Gasteiger partial charge on any atom is -0.457 e. The van der Waals surface area contributed by atoms with Crippen LogP contribution >= 0.6 is 0 Å². The molecule has 0 unspecified atom stereocenters. The van der Waals surface area contributed by atoms with Gasteiger partial charge in [0.2, 0.25) is 0 Å². The summed E-state index contributed by atoms with van der Waals surface area (Å²) in [6, 6.07) is 35.6. The van der Waals surface area contributed by atoms with Gasteiger partial charge < -0.3 is 9.47 Å². The van der Waals surface area contributed by atoms with Gasteiger partial charge in [-0.25, -0.2) is 0 Å². The van der Waals surface area contributed by atoms with Gasteiger partial charge in [-0.2, -0.15) is 0 Å². The second-order valence-corrected chi connectivity index (χ2v) is 6.31. The van der Waals surface area contributed by atoms with Crippen LogP contribution in [0.2, 0.25) is 0 Å². The number of rotatable bonds is 6. The Morgan fingerprint density at radius 3 is 1.21 bits per heavy atom. The molecule has 28 heavy (non-hydrogen) atoms. The first-order valence-electron chi connectivity index (χ1n) is 9.19. The van der Waals surface area contributed by atoms with Crippen molar-refractivity contribution in [1.29, 1.82) is 0 Å². The first-order valence-corrected chi connectivity index (χ1v) is 9.19. The summed E-state index contributed by atoms with van der Waals surface area (Å²) in [5.41, 5.74) is 2.14. The molecule has 0 amide bonds. The highest BCUT2D eigenvalue weighted by molar-refractivity contribution is 5.70. The first kappa shape index (κ1) is 17.6. The van der Waals surface area contributed by atoms with Gasteiger partial charge >= 0.3 is 0 Å². The normalized spacial score (nSPS) is 10.7. The molecule has 0 aliphatic heterocycles. The van der Waals surface area contributed by atoms with E-state index >= 15 is 0 Å². The van der Waals surface area contributed by atoms with Gasteiger partial charge in [-0.05, 0) is 59.7 Å². The van der Waals surface area contributed by atoms with Gasteiger partial charge in [-0.3, -0.25) is 0 Å². The fourth-order valence-electron chi connectivity index (χ4n) is 2.81. The van der Waals surface area contributed by atoms with E-state index in [9.17, 15) is 0 Å². The molecule has 0 radical (unpaired) electrons. The zero-order chi connectivity index (χ0) is 19.0. The van der Waals surface area contributed by atoms with Crippen molar-refractivity contribution >= 4 is 12.2 Å². The van der Waals surface area contributed by atoms with E-state index in [0.29, 0.717) is 0 Å². The van der Waals surface area contributed by atoms with E-state index in [1.807, 2.05) is 97.1 Å². The third kappa shape index (κ3) is 4.89. The minimum atomic E-state index is 0.814. The van der Waals surface area contributed by atoms with E-state index in [-0.39, 0.29) is 0 Å². The van der Waals surface area contributed by atoms with Crippen LogP contribution in [0.1, 0.15) is 11.1 Å². The van der Waals surface area contributed by atoms with Crippen LogP contribution in [0.3, 0.4) is 0 Å². The topological polar surface area (TPSA) is 18.5 Å². The molecule has 0 aliphatic rings. The summed E-state index contributed by atoms with van der Waals surface area (Å²) >= 11 is 0. The maximum atomic E-state index is 5.90. The van der Waals surface area contributed by atoms with Gasteiger partial charge in [0.05, 0.1) is 0 Å². The van der Waals surface area contributed by atoms with Crippen molar-refractivity contribution in [1.82, 2.24) is 0 Å². The highest BCUT2D eigenvalue weighted by atomic mass is 16.5. The summed E-state index contributed by atoms with van der Waals surface area (Å²) in [6.07, 6.45) is 4.14. The average molecular weight is 364 g/mol. The quantitative estimate of drug-likeness (QED) is 0.331. The third-order valence-electron chi connectivity index (χ3n) is 4.14. The molecular formula is C26H20O2. The lowest BCUT2D eigenvalue weighted by Crippen LogP contribution is -1.85. The maximum Gasteiger partial charge on any atom is 0.128 e. The van der Waals surface area contributed by atoms with Gasteiger partial charge in [0.15, 0.2) is 0 Å². The lowest BCUT2D eigenvalue weighted by Gasteiger charge is -2.07. The van der Waals surface area contributed by atoms with Gasteiger partial charge in [0, 0.05) is 0 Å². The zero-order valence-electron chi connectivity index (χ0n) is 15.4. The summed E-state index contributed by atoms with van der Waals surface area (Å²) in [4.78, 5) is 0. The number of hydrogen-bond acceptors (Lipinski definition) is 2. The van der Waals surface area contributed by atoms with Crippen molar-refractivity contribution in [2.75, 3.05) is 0 Å². The summed E-state index contributed by atoms with van der Waals surface area (Å²) in [5.74, 6) is 3.29. The lowest BCUT2D eigenvalue weighted by molar-refractivity contribution is 0.482. The molecule has 136 valence electrons. The molecule has 2 heteroatoms. The van der Waals surface area contributed by atoms with Crippen LogP contribution in [-0.2, 0) is 0 Å². The van der Waals surface area contributed by atoms with Gasteiger partial charge in [0.1, 0.15) is 23.0 Å². The predicted molar refractivity (Wildman–Crippen MR) is 115 cm³/mol. The first-order chi connectivity index (χ1) is 13.8. The molecule has 4 rings (SSSR count). The number of benzene rings is 4. The molecule has 0 atom stereocenters. The van der Waals surface area contributed by atoms with Crippen molar-refractivity contribution in [3.05, 3.63) is 120 Å². The highest BCUT2D eigenvalue weighted by Crippen LogP contribution is 2.24. The summed E-state index contributed by atoms with van der Waals surface area (Å²) in [5, 5.41) is 0. The molecule has 2 nitrogen and oxygen atoms in total. The van der Waals surface area contributed by atoms with Crippen LogP contribution < -0.4 is 9.47 Å². The molecule has 0 aliphatic carbocycles. The van der Waals surface area contributed by atoms with Crippen LogP contribution in [0.4, 0.5) is 0 Å².